The van der Waals surface area contributed by atoms with Crippen LogP contribution in [-0.2, 0) is 0 Å². The molecule has 0 aliphatic carbocycles. The number of aromatic nitrogens is 2. The zero-order valence-electron chi connectivity index (χ0n) is 13.7. The SMILES string of the molecule is CCN(CC)CC(C)Nc1ncnc(NC)c1C(C)C. The van der Waals surface area contributed by atoms with Crippen LogP contribution in [-0.4, -0.2) is 47.6 Å². The van der Waals surface area contributed by atoms with Crippen molar-refractivity contribution in [3.05, 3.63) is 11.9 Å². The van der Waals surface area contributed by atoms with Gasteiger partial charge in [0.1, 0.15) is 18.0 Å². The Labute approximate surface area is 123 Å². The van der Waals surface area contributed by atoms with Crippen molar-refractivity contribution in [1.82, 2.24) is 14.9 Å². The van der Waals surface area contributed by atoms with Crippen molar-refractivity contribution >= 4 is 11.6 Å². The summed E-state index contributed by atoms with van der Waals surface area (Å²) in [5.41, 5.74) is 1.15. The van der Waals surface area contributed by atoms with E-state index in [9.17, 15) is 0 Å². The molecule has 0 fully saturated rings. The molecule has 1 aromatic rings. The van der Waals surface area contributed by atoms with Gasteiger partial charge in [0.25, 0.3) is 0 Å². The lowest BCUT2D eigenvalue weighted by molar-refractivity contribution is 0.294. The fourth-order valence-corrected chi connectivity index (χ4v) is 2.40. The summed E-state index contributed by atoms with van der Waals surface area (Å²) in [7, 11) is 1.90. The predicted molar refractivity (Wildman–Crippen MR) is 86.5 cm³/mol. The van der Waals surface area contributed by atoms with Crippen molar-refractivity contribution < 1.29 is 0 Å². The van der Waals surface area contributed by atoms with E-state index in [0.29, 0.717) is 12.0 Å². The summed E-state index contributed by atoms with van der Waals surface area (Å²) in [4.78, 5) is 11.1. The Morgan fingerprint density at radius 3 is 2.20 bits per heavy atom. The molecule has 1 rings (SSSR count). The molecule has 0 saturated heterocycles. The van der Waals surface area contributed by atoms with Crippen LogP contribution in [0.25, 0.3) is 0 Å². The number of hydrogen-bond donors (Lipinski definition) is 2. The first-order valence-corrected chi connectivity index (χ1v) is 7.54. The molecule has 0 aromatic carbocycles. The van der Waals surface area contributed by atoms with Crippen molar-refractivity contribution in [3.63, 3.8) is 0 Å². The predicted octanol–water partition coefficient (Wildman–Crippen LogP) is 2.78. The summed E-state index contributed by atoms with van der Waals surface area (Å²) in [6, 6.07) is 0.354. The molecule has 114 valence electrons. The highest BCUT2D eigenvalue weighted by Crippen LogP contribution is 2.28. The number of rotatable bonds is 8. The lowest BCUT2D eigenvalue weighted by Gasteiger charge is -2.25. The summed E-state index contributed by atoms with van der Waals surface area (Å²) < 4.78 is 0. The van der Waals surface area contributed by atoms with E-state index in [-0.39, 0.29) is 0 Å². The quantitative estimate of drug-likeness (QED) is 0.766. The van der Waals surface area contributed by atoms with E-state index in [0.717, 1.165) is 36.8 Å². The Bertz CT molecular complexity index is 401. The maximum atomic E-state index is 4.43. The van der Waals surface area contributed by atoms with Crippen molar-refractivity contribution in [2.24, 2.45) is 0 Å². The second kappa shape index (κ2) is 8.04. The lowest BCUT2D eigenvalue weighted by atomic mass is 10.0. The molecule has 2 N–H and O–H groups in total. The van der Waals surface area contributed by atoms with Gasteiger partial charge < -0.3 is 15.5 Å². The third-order valence-corrected chi connectivity index (χ3v) is 3.51. The maximum Gasteiger partial charge on any atom is 0.135 e. The maximum absolute atomic E-state index is 4.43. The van der Waals surface area contributed by atoms with Crippen LogP contribution in [0.1, 0.15) is 46.1 Å². The first kappa shape index (κ1) is 16.7. The molecule has 1 atom stereocenters. The number of likely N-dealkylation sites (N-methyl/N-ethyl adjacent to an activating group) is 1. The molecule has 1 aromatic heterocycles. The van der Waals surface area contributed by atoms with Gasteiger partial charge in [0.2, 0.25) is 0 Å². The average Bonchev–Trinajstić information content (AvgIpc) is 2.43. The highest BCUT2D eigenvalue weighted by molar-refractivity contribution is 5.59. The van der Waals surface area contributed by atoms with Crippen molar-refractivity contribution in [3.8, 4) is 0 Å². The normalized spacial score (nSPS) is 12.8. The fourth-order valence-electron chi connectivity index (χ4n) is 2.40. The molecule has 0 bridgehead atoms. The van der Waals surface area contributed by atoms with Crippen LogP contribution in [0.15, 0.2) is 6.33 Å². The summed E-state index contributed by atoms with van der Waals surface area (Å²) in [6.07, 6.45) is 1.62. The summed E-state index contributed by atoms with van der Waals surface area (Å²) in [5, 5.41) is 6.69. The first-order valence-electron chi connectivity index (χ1n) is 7.54. The standard InChI is InChI=1S/C15H29N5/c1-7-20(8-2)9-12(5)19-15-13(11(3)4)14(16-6)17-10-18-15/h10-12H,7-9H2,1-6H3,(H2,16,17,18,19). The Kier molecular flexibility index (Phi) is 6.71. The van der Waals surface area contributed by atoms with E-state index in [1.54, 1.807) is 6.33 Å². The number of nitrogens with zero attached hydrogens (tertiary/aromatic N) is 3. The minimum atomic E-state index is 0.354. The largest absolute Gasteiger partial charge is 0.373 e. The summed E-state index contributed by atoms with van der Waals surface area (Å²) in [6.45, 7) is 14.1. The zero-order valence-corrected chi connectivity index (χ0v) is 13.7. The van der Waals surface area contributed by atoms with Gasteiger partial charge >= 0.3 is 0 Å². The van der Waals surface area contributed by atoms with E-state index in [4.69, 9.17) is 0 Å². The Morgan fingerprint density at radius 2 is 1.70 bits per heavy atom. The molecule has 0 aliphatic rings. The topological polar surface area (TPSA) is 53.1 Å². The number of nitrogens with one attached hydrogen (secondary N) is 2. The van der Waals surface area contributed by atoms with Gasteiger partial charge in [0, 0.05) is 25.2 Å². The van der Waals surface area contributed by atoms with Gasteiger partial charge in [0.05, 0.1) is 0 Å². The second-order valence-electron chi connectivity index (χ2n) is 5.42. The van der Waals surface area contributed by atoms with Crippen LogP contribution < -0.4 is 10.6 Å². The molecule has 0 aliphatic heterocycles. The molecule has 0 amide bonds. The molecule has 1 unspecified atom stereocenters. The van der Waals surface area contributed by atoms with Crippen LogP contribution in [0.3, 0.4) is 0 Å². The van der Waals surface area contributed by atoms with Gasteiger partial charge in [-0.1, -0.05) is 27.7 Å². The molecule has 5 nitrogen and oxygen atoms in total. The van der Waals surface area contributed by atoms with Crippen LogP contribution in [0, 0.1) is 0 Å². The minimum absolute atomic E-state index is 0.354. The number of hydrogen-bond acceptors (Lipinski definition) is 5. The highest BCUT2D eigenvalue weighted by atomic mass is 15.2. The van der Waals surface area contributed by atoms with Crippen LogP contribution >= 0.6 is 0 Å². The third kappa shape index (κ3) is 4.34. The molecule has 0 saturated carbocycles. The molecular weight excluding hydrogens is 250 g/mol. The van der Waals surface area contributed by atoms with E-state index in [1.165, 1.54) is 0 Å². The molecule has 5 heteroatoms. The van der Waals surface area contributed by atoms with Crippen LogP contribution in [0.4, 0.5) is 11.6 Å². The highest BCUT2D eigenvalue weighted by Gasteiger charge is 2.16. The summed E-state index contributed by atoms with van der Waals surface area (Å²) in [5.74, 6) is 2.23. The molecular formula is C15H29N5. The zero-order chi connectivity index (χ0) is 15.1. The van der Waals surface area contributed by atoms with Gasteiger partial charge in [-0.05, 0) is 25.9 Å². The molecule has 0 radical (unpaired) electrons. The molecule has 20 heavy (non-hydrogen) atoms. The lowest BCUT2D eigenvalue weighted by Crippen LogP contribution is -2.35. The first-order chi connectivity index (χ1) is 9.53. The van der Waals surface area contributed by atoms with Crippen molar-refractivity contribution in [1.29, 1.82) is 0 Å². The smallest absolute Gasteiger partial charge is 0.135 e. The van der Waals surface area contributed by atoms with E-state index >= 15 is 0 Å². The Balaban J connectivity index is 2.86. The molecule has 1 heterocycles. The van der Waals surface area contributed by atoms with Gasteiger partial charge in [-0.25, -0.2) is 9.97 Å². The van der Waals surface area contributed by atoms with Gasteiger partial charge in [-0.3, -0.25) is 0 Å². The monoisotopic (exact) mass is 279 g/mol. The third-order valence-electron chi connectivity index (χ3n) is 3.51. The average molecular weight is 279 g/mol. The van der Waals surface area contributed by atoms with E-state index in [2.05, 4.69) is 60.1 Å². The van der Waals surface area contributed by atoms with Gasteiger partial charge in [0.15, 0.2) is 0 Å². The van der Waals surface area contributed by atoms with E-state index in [1.807, 2.05) is 7.05 Å². The van der Waals surface area contributed by atoms with Crippen LogP contribution in [0.5, 0.6) is 0 Å². The Hall–Kier alpha value is -1.36. The van der Waals surface area contributed by atoms with E-state index < -0.39 is 0 Å². The second-order valence-corrected chi connectivity index (χ2v) is 5.42. The van der Waals surface area contributed by atoms with Gasteiger partial charge in [-0.15, -0.1) is 0 Å². The van der Waals surface area contributed by atoms with Crippen molar-refractivity contribution in [2.75, 3.05) is 37.3 Å². The van der Waals surface area contributed by atoms with Crippen molar-refractivity contribution in [2.45, 2.75) is 46.6 Å². The van der Waals surface area contributed by atoms with Crippen LogP contribution in [0.2, 0.25) is 0 Å². The molecule has 0 spiro atoms. The number of anilines is 2. The fraction of sp³-hybridized carbons (Fsp3) is 0.733. The Morgan fingerprint density at radius 1 is 1.10 bits per heavy atom. The summed E-state index contributed by atoms with van der Waals surface area (Å²) >= 11 is 0. The van der Waals surface area contributed by atoms with Gasteiger partial charge in [-0.2, -0.15) is 0 Å². The minimum Gasteiger partial charge on any atom is -0.373 e.